The summed E-state index contributed by atoms with van der Waals surface area (Å²) in [5.74, 6) is -0.890. The lowest BCUT2D eigenvalue weighted by Gasteiger charge is -2.08. The fourth-order valence-corrected chi connectivity index (χ4v) is 2.11. The zero-order chi connectivity index (χ0) is 11.7. The van der Waals surface area contributed by atoms with Crippen LogP contribution in [0.15, 0.2) is 30.3 Å². The Kier molecular flexibility index (Phi) is 2.84. The normalized spacial score (nSPS) is 10.6. The molecule has 0 aliphatic carbocycles. The lowest BCUT2D eigenvalue weighted by Crippen LogP contribution is -2.02. The molecule has 2 aromatic rings. The Hall–Kier alpha value is -1.54. The summed E-state index contributed by atoms with van der Waals surface area (Å²) in [7, 11) is 0. The number of aromatic carboxylic acids is 1. The van der Waals surface area contributed by atoms with Crippen molar-refractivity contribution in [1.29, 1.82) is 0 Å². The van der Waals surface area contributed by atoms with Crippen molar-refractivity contribution in [3.05, 3.63) is 46.5 Å². The smallest absolute Gasteiger partial charge is 0.335 e. The maximum absolute atomic E-state index is 11.1. The van der Waals surface area contributed by atoms with E-state index in [1.54, 1.807) is 6.07 Å². The molecule has 0 unspecified atom stereocenters. The number of benzene rings is 2. The lowest BCUT2D eigenvalue weighted by molar-refractivity contribution is 0.0696. The van der Waals surface area contributed by atoms with Crippen molar-refractivity contribution in [2.45, 2.75) is 13.3 Å². The van der Waals surface area contributed by atoms with E-state index in [0.717, 1.165) is 16.3 Å². The van der Waals surface area contributed by atoms with E-state index < -0.39 is 5.97 Å². The Morgan fingerprint density at radius 3 is 2.62 bits per heavy atom. The molecule has 0 fully saturated rings. The first-order chi connectivity index (χ1) is 7.63. The summed E-state index contributed by atoms with van der Waals surface area (Å²) < 4.78 is 0. The third kappa shape index (κ3) is 1.76. The third-order valence-corrected chi connectivity index (χ3v) is 2.91. The predicted octanol–water partition coefficient (Wildman–Crippen LogP) is 3.75. The molecule has 16 heavy (non-hydrogen) atoms. The van der Waals surface area contributed by atoms with Crippen molar-refractivity contribution in [2.75, 3.05) is 0 Å². The summed E-state index contributed by atoms with van der Waals surface area (Å²) >= 11 is 5.93. The summed E-state index contributed by atoms with van der Waals surface area (Å²) in [6.45, 7) is 1.95. The summed E-state index contributed by atoms with van der Waals surface area (Å²) in [6, 6.07) is 9.00. The largest absolute Gasteiger partial charge is 0.478 e. The van der Waals surface area contributed by atoms with Crippen LogP contribution >= 0.6 is 11.6 Å². The van der Waals surface area contributed by atoms with E-state index in [4.69, 9.17) is 16.7 Å². The second-order valence-corrected chi connectivity index (χ2v) is 4.05. The second kappa shape index (κ2) is 4.14. The third-order valence-electron chi connectivity index (χ3n) is 2.68. The SMILES string of the molecule is CCc1c(C(=O)O)ccc2ccc(Cl)cc12. The van der Waals surface area contributed by atoms with Crippen LogP contribution in [0.2, 0.25) is 5.02 Å². The summed E-state index contributed by atoms with van der Waals surface area (Å²) in [5, 5.41) is 11.7. The van der Waals surface area contributed by atoms with Crippen molar-refractivity contribution in [3.8, 4) is 0 Å². The van der Waals surface area contributed by atoms with Crippen LogP contribution in [0, 0.1) is 0 Å². The molecule has 0 amide bonds. The van der Waals surface area contributed by atoms with Gasteiger partial charge in [-0.05, 0) is 41.0 Å². The van der Waals surface area contributed by atoms with E-state index in [1.807, 2.05) is 31.2 Å². The quantitative estimate of drug-likeness (QED) is 0.859. The van der Waals surface area contributed by atoms with Gasteiger partial charge >= 0.3 is 5.97 Å². The zero-order valence-electron chi connectivity index (χ0n) is 8.83. The molecule has 0 atom stereocenters. The van der Waals surface area contributed by atoms with Gasteiger partial charge in [-0.15, -0.1) is 0 Å². The molecule has 2 nitrogen and oxygen atoms in total. The first-order valence-electron chi connectivity index (χ1n) is 5.08. The Labute approximate surface area is 98.5 Å². The number of rotatable bonds is 2. The number of halogens is 1. The van der Waals surface area contributed by atoms with Crippen molar-refractivity contribution in [1.82, 2.24) is 0 Å². The molecule has 0 aromatic heterocycles. The van der Waals surface area contributed by atoms with E-state index >= 15 is 0 Å². The van der Waals surface area contributed by atoms with Gasteiger partial charge in [-0.1, -0.05) is 30.7 Å². The Morgan fingerprint density at radius 1 is 1.31 bits per heavy atom. The van der Waals surface area contributed by atoms with E-state index in [9.17, 15) is 4.79 Å². The van der Waals surface area contributed by atoms with Gasteiger partial charge in [-0.2, -0.15) is 0 Å². The first-order valence-corrected chi connectivity index (χ1v) is 5.45. The van der Waals surface area contributed by atoms with E-state index in [2.05, 4.69) is 0 Å². The number of hydrogen-bond donors (Lipinski definition) is 1. The highest BCUT2D eigenvalue weighted by atomic mass is 35.5. The van der Waals surface area contributed by atoms with Crippen molar-refractivity contribution >= 4 is 28.3 Å². The molecule has 0 aliphatic heterocycles. The summed E-state index contributed by atoms with van der Waals surface area (Å²) in [4.78, 5) is 11.1. The second-order valence-electron chi connectivity index (χ2n) is 3.62. The van der Waals surface area contributed by atoms with Crippen LogP contribution in [0.25, 0.3) is 10.8 Å². The molecule has 1 N–H and O–H groups in total. The van der Waals surface area contributed by atoms with Crippen LogP contribution in [-0.4, -0.2) is 11.1 Å². The Balaban J connectivity index is 2.83. The van der Waals surface area contributed by atoms with Gasteiger partial charge in [0.2, 0.25) is 0 Å². The molecule has 82 valence electrons. The molecule has 0 saturated heterocycles. The van der Waals surface area contributed by atoms with Crippen LogP contribution < -0.4 is 0 Å². The first kappa shape index (κ1) is 11.0. The fourth-order valence-electron chi connectivity index (χ4n) is 1.94. The topological polar surface area (TPSA) is 37.3 Å². The highest BCUT2D eigenvalue weighted by Gasteiger charge is 2.11. The minimum absolute atomic E-state index is 0.359. The number of carbonyl (C=O) groups is 1. The number of hydrogen-bond acceptors (Lipinski definition) is 1. The van der Waals surface area contributed by atoms with Crippen LogP contribution in [-0.2, 0) is 6.42 Å². The van der Waals surface area contributed by atoms with Gasteiger partial charge < -0.3 is 5.11 Å². The van der Waals surface area contributed by atoms with Gasteiger partial charge in [0.25, 0.3) is 0 Å². The number of aryl methyl sites for hydroxylation is 1. The van der Waals surface area contributed by atoms with Gasteiger partial charge in [0, 0.05) is 5.02 Å². The Morgan fingerprint density at radius 2 is 2.00 bits per heavy atom. The molecule has 0 bridgehead atoms. The number of carboxylic acid groups (broad SMARTS) is 1. The van der Waals surface area contributed by atoms with E-state index in [1.165, 1.54) is 0 Å². The monoisotopic (exact) mass is 234 g/mol. The molecule has 2 aromatic carbocycles. The van der Waals surface area contributed by atoms with Crippen LogP contribution in [0.1, 0.15) is 22.8 Å². The lowest BCUT2D eigenvalue weighted by atomic mass is 9.97. The average Bonchev–Trinajstić information content (AvgIpc) is 2.27. The van der Waals surface area contributed by atoms with Gasteiger partial charge in [0.05, 0.1) is 5.56 Å². The molecule has 0 heterocycles. The van der Waals surface area contributed by atoms with E-state index in [0.29, 0.717) is 17.0 Å². The zero-order valence-corrected chi connectivity index (χ0v) is 9.58. The average molecular weight is 235 g/mol. The van der Waals surface area contributed by atoms with Crippen molar-refractivity contribution in [3.63, 3.8) is 0 Å². The van der Waals surface area contributed by atoms with Gasteiger partial charge in [0.1, 0.15) is 0 Å². The number of carboxylic acids is 1. The predicted molar refractivity (Wildman–Crippen MR) is 65.3 cm³/mol. The van der Waals surface area contributed by atoms with Crippen LogP contribution in [0.4, 0.5) is 0 Å². The molecule has 3 heteroatoms. The van der Waals surface area contributed by atoms with Crippen LogP contribution in [0.5, 0.6) is 0 Å². The standard InChI is InChI=1S/C13H11ClO2/c1-2-10-11(13(15)16)6-4-8-3-5-9(14)7-12(8)10/h3-7H,2H2,1H3,(H,15,16). The molecular weight excluding hydrogens is 224 g/mol. The molecule has 0 saturated carbocycles. The van der Waals surface area contributed by atoms with E-state index in [-0.39, 0.29) is 0 Å². The highest BCUT2D eigenvalue weighted by Crippen LogP contribution is 2.26. The molecule has 0 aliphatic rings. The number of fused-ring (bicyclic) bond motifs is 1. The van der Waals surface area contributed by atoms with Gasteiger partial charge in [-0.25, -0.2) is 4.79 Å². The molecule has 0 radical (unpaired) electrons. The van der Waals surface area contributed by atoms with Crippen molar-refractivity contribution < 1.29 is 9.90 Å². The molecule has 0 spiro atoms. The fraction of sp³-hybridized carbons (Fsp3) is 0.154. The maximum Gasteiger partial charge on any atom is 0.335 e. The minimum atomic E-state index is -0.890. The summed E-state index contributed by atoms with van der Waals surface area (Å²) in [6.07, 6.45) is 0.680. The maximum atomic E-state index is 11.1. The van der Waals surface area contributed by atoms with Crippen LogP contribution in [0.3, 0.4) is 0 Å². The van der Waals surface area contributed by atoms with Crippen molar-refractivity contribution in [2.24, 2.45) is 0 Å². The molecule has 2 rings (SSSR count). The van der Waals surface area contributed by atoms with Gasteiger partial charge in [-0.3, -0.25) is 0 Å². The van der Waals surface area contributed by atoms with Gasteiger partial charge in [0.15, 0.2) is 0 Å². The summed E-state index contributed by atoms with van der Waals surface area (Å²) in [5.41, 5.74) is 1.20. The molecular formula is C13H11ClO2. The highest BCUT2D eigenvalue weighted by molar-refractivity contribution is 6.31. The Bertz CT molecular complexity index is 561. The minimum Gasteiger partial charge on any atom is -0.478 e.